The van der Waals surface area contributed by atoms with Gasteiger partial charge in [-0.05, 0) is 120 Å². The lowest BCUT2D eigenvalue weighted by Gasteiger charge is -2.34. The van der Waals surface area contributed by atoms with Gasteiger partial charge in [-0.25, -0.2) is 23.3 Å². The lowest BCUT2D eigenvalue weighted by molar-refractivity contribution is -0.353. The van der Waals surface area contributed by atoms with Crippen LogP contribution in [0.25, 0.3) is 0 Å². The van der Waals surface area contributed by atoms with Crippen LogP contribution in [0.15, 0.2) is 111 Å². The number of hydrogen-bond acceptors (Lipinski definition) is 14. The number of alkyl halides is 4. The molecule has 0 aliphatic rings. The fraction of sp³-hybridized carbons (Fsp3) is 0.206. The molecule has 56 heavy (non-hydrogen) atoms. The van der Waals surface area contributed by atoms with Gasteiger partial charge in [0.05, 0.1) is 33.9 Å². The summed E-state index contributed by atoms with van der Waals surface area (Å²) in [5.41, 5.74) is -10.2. The van der Waals surface area contributed by atoms with Crippen molar-refractivity contribution in [3.63, 3.8) is 0 Å². The number of benzene rings is 4. The number of sulfonamides is 1. The van der Waals surface area contributed by atoms with Crippen molar-refractivity contribution < 1.29 is 70.7 Å². The molecule has 0 amide bonds. The standard InChI is InChI=1S/C34H34F4N4O11P2S/c35-33(36,54(46,47)48)25-9-1-21(2-10-25)7-15-30(43)41-27-17-24(32(45)40-20-23-5-13-29(14-6-23)56(39,52)53)18-28(19-27)42-31(44)16-8-22-3-11-26(12-4-22)34(37,38)55(49,50)51/h1-6,9-14,17-19H,7-8,15-16,20H2,(H,40,45)(H,41,43)(H,42,44)(H2,39,52,53)(H2,46,47,48)(H2,49,50,51)/p-4. The van der Waals surface area contributed by atoms with Gasteiger partial charge in [0.1, 0.15) is 7.94 Å². The van der Waals surface area contributed by atoms with Crippen LogP contribution in [0, 0.1) is 0 Å². The zero-order chi connectivity index (χ0) is 41.7. The number of nitrogens with two attached hydrogens (primary N) is 1. The summed E-state index contributed by atoms with van der Waals surface area (Å²) in [4.78, 5) is 71.6. The minimum absolute atomic E-state index is 0.0349. The molecule has 0 radical (unpaired) electrons. The molecule has 0 aromatic heterocycles. The second kappa shape index (κ2) is 17.4. The predicted molar refractivity (Wildman–Crippen MR) is 186 cm³/mol. The van der Waals surface area contributed by atoms with Gasteiger partial charge in [0.2, 0.25) is 10.0 Å². The molecule has 0 heterocycles. The van der Waals surface area contributed by atoms with E-state index in [2.05, 4.69) is 15.0 Å². The Bertz CT molecular complexity index is 2110. The highest BCUT2D eigenvalue weighted by atomic mass is 32.2. The first-order valence-corrected chi connectivity index (χ1v) is 20.6. The molecule has 4 aromatic carbocycles. The predicted octanol–water partition coefficient (Wildman–Crippen LogP) is 0.369. The third kappa shape index (κ3) is 11.5. The van der Waals surface area contributed by atoms with Crippen LogP contribution in [0.5, 0.6) is 0 Å². The molecule has 0 fully saturated rings. The highest BCUT2D eigenvalue weighted by Gasteiger charge is 2.55. The average molecular weight is 841 g/mol. The fourth-order valence-electron chi connectivity index (χ4n) is 4.86. The summed E-state index contributed by atoms with van der Waals surface area (Å²) >= 11 is 0. The van der Waals surface area contributed by atoms with Gasteiger partial charge in [-0.3, -0.25) is 19.9 Å². The molecule has 0 atom stereocenters. The van der Waals surface area contributed by atoms with Gasteiger partial charge in [-0.1, -0.05) is 36.4 Å². The van der Waals surface area contributed by atoms with Crippen molar-refractivity contribution >= 4 is 55.0 Å². The van der Waals surface area contributed by atoms with E-state index in [1.807, 2.05) is 0 Å². The van der Waals surface area contributed by atoms with Crippen LogP contribution in [0.1, 0.15) is 46.2 Å². The molecule has 0 spiro atoms. The smallest absolute Gasteiger partial charge is 0.428 e. The van der Waals surface area contributed by atoms with E-state index in [-0.39, 0.29) is 54.1 Å². The molecule has 300 valence electrons. The summed E-state index contributed by atoms with van der Waals surface area (Å²) in [5, 5.41) is 43.9. The first-order valence-electron chi connectivity index (χ1n) is 15.9. The number of rotatable bonds is 16. The van der Waals surface area contributed by atoms with E-state index in [1.165, 1.54) is 42.5 Å². The maximum absolute atomic E-state index is 14.0. The Balaban J connectivity index is 1.56. The Kier molecular flexibility index (Phi) is 13.7. The van der Waals surface area contributed by atoms with E-state index in [9.17, 15) is 56.0 Å². The Morgan fingerprint density at radius 1 is 0.661 bits per heavy atom. The summed E-state index contributed by atoms with van der Waals surface area (Å²) in [6, 6.07) is 16.5. The van der Waals surface area contributed by atoms with Crippen molar-refractivity contribution in [2.45, 2.75) is 48.5 Å². The molecule has 0 saturated carbocycles. The van der Waals surface area contributed by atoms with Crippen molar-refractivity contribution in [1.82, 2.24) is 0 Å². The number of aliphatic imine (C=N–C) groups is 3. The molecule has 5 N–H and O–H groups in total. The molecule has 0 unspecified atom stereocenters. The van der Waals surface area contributed by atoms with Crippen LogP contribution in [0.3, 0.4) is 0 Å². The number of primary sulfonamides is 1. The summed E-state index contributed by atoms with van der Waals surface area (Å²) in [5.74, 6) is -2.36. The molecule has 15 nitrogen and oxygen atoms in total. The minimum Gasteiger partial charge on any atom is -0.862 e. The zero-order valence-electron chi connectivity index (χ0n) is 28.5. The van der Waals surface area contributed by atoms with Gasteiger partial charge in [0.25, 0.3) is 0 Å². The van der Waals surface area contributed by atoms with Crippen molar-refractivity contribution in [3.8, 4) is 0 Å². The van der Waals surface area contributed by atoms with E-state index in [4.69, 9.17) is 19.8 Å². The van der Waals surface area contributed by atoms with Crippen LogP contribution in [-0.4, -0.2) is 40.8 Å². The molecule has 0 bridgehead atoms. The normalized spacial score (nSPS) is 13.9. The summed E-state index contributed by atoms with van der Waals surface area (Å²) in [6.45, 7) is -0.219. The van der Waals surface area contributed by atoms with E-state index >= 15 is 0 Å². The second-order valence-corrected chi connectivity index (χ2v) is 16.9. The number of aryl methyl sites for hydroxylation is 2. The quantitative estimate of drug-likeness (QED) is 0.0517. The topological polar surface area (TPSA) is 296 Å². The van der Waals surface area contributed by atoms with Crippen LogP contribution >= 0.6 is 15.9 Å². The molecule has 22 heteroatoms. The summed E-state index contributed by atoms with van der Waals surface area (Å²) in [7, 11) is -15.8. The third-order valence-corrected chi connectivity index (χ3v) is 10.8. The van der Waals surface area contributed by atoms with Crippen LogP contribution < -0.4 is 35.1 Å². The first kappa shape index (κ1) is 44.3. The Hall–Kier alpha value is -4.46. The molecule has 0 saturated heterocycles. The van der Waals surface area contributed by atoms with Gasteiger partial charge >= 0.3 is 19.3 Å². The molecule has 0 aliphatic heterocycles. The Labute approximate surface area is 318 Å². The van der Waals surface area contributed by atoms with Gasteiger partial charge in [-0.2, -0.15) is 17.6 Å². The van der Waals surface area contributed by atoms with E-state index < -0.39 is 66.1 Å². The van der Waals surface area contributed by atoms with E-state index in [0.29, 0.717) is 16.7 Å². The zero-order valence-corrected chi connectivity index (χ0v) is 31.1. The molecular weight excluding hydrogens is 810 g/mol. The SMILES string of the molecule is NS(=O)(=O)c1ccc(CN=C([O-])c2cc(N=C([O-])CCc3ccc(C(F)(F)[P+]([O-])([O-])O)cc3)cc(N=C([O-])CCc3ccc(C(F)(F)[P+]([O-])(O)O)cc3)c2)cc1. The first-order chi connectivity index (χ1) is 25.9. The van der Waals surface area contributed by atoms with Gasteiger partial charge < -0.3 is 30.0 Å². The lowest BCUT2D eigenvalue weighted by Crippen LogP contribution is -2.35. The van der Waals surface area contributed by atoms with Gasteiger partial charge in [0, 0.05) is 0 Å². The molecule has 4 aromatic rings. The third-order valence-electron chi connectivity index (χ3n) is 7.89. The van der Waals surface area contributed by atoms with Crippen molar-refractivity contribution in [1.29, 1.82) is 0 Å². The summed E-state index contributed by atoms with van der Waals surface area (Å²) in [6.07, 6.45) is -0.662. The minimum atomic E-state index is -6.04. The maximum Gasteiger partial charge on any atom is 0.428 e. The second-order valence-electron chi connectivity index (χ2n) is 12.1. The molecular formula is C34H30F4N4O11P2S-4. The van der Waals surface area contributed by atoms with Gasteiger partial charge in [0.15, 0.2) is 0 Å². The van der Waals surface area contributed by atoms with E-state index in [1.54, 1.807) is 0 Å². The molecule has 4 rings (SSSR count). The monoisotopic (exact) mass is 840 g/mol. The van der Waals surface area contributed by atoms with E-state index in [0.717, 1.165) is 48.5 Å². The highest BCUT2D eigenvalue weighted by Crippen LogP contribution is 2.62. The largest absolute Gasteiger partial charge is 0.862 e. The summed E-state index contributed by atoms with van der Waals surface area (Å²) < 4.78 is 78.8. The van der Waals surface area contributed by atoms with Crippen LogP contribution in [0.4, 0.5) is 28.9 Å². The number of halogens is 4. The maximum atomic E-state index is 14.0. The van der Waals surface area contributed by atoms with Crippen LogP contribution in [0.2, 0.25) is 0 Å². The van der Waals surface area contributed by atoms with Crippen molar-refractivity contribution in [2.75, 3.05) is 0 Å². The average Bonchev–Trinajstić information content (AvgIpc) is 3.11. The van der Waals surface area contributed by atoms with Crippen LogP contribution in [-0.2, 0) is 40.7 Å². The fourth-order valence-corrected chi connectivity index (χ4v) is 6.34. The lowest BCUT2D eigenvalue weighted by atomic mass is 10.1. The van der Waals surface area contributed by atoms with Gasteiger partial charge in [-0.15, -0.1) is 0 Å². The highest BCUT2D eigenvalue weighted by molar-refractivity contribution is 7.89. The van der Waals surface area contributed by atoms with Crippen molar-refractivity contribution in [3.05, 3.63) is 124 Å². The number of hydrogen-bond donors (Lipinski definition) is 4. The number of nitrogens with zero attached hydrogens (tertiary/aromatic N) is 3. The Morgan fingerprint density at radius 2 is 1.07 bits per heavy atom. The Morgan fingerprint density at radius 3 is 1.46 bits per heavy atom. The van der Waals surface area contributed by atoms with Crippen molar-refractivity contribution in [2.24, 2.45) is 20.1 Å². The molecule has 0 aliphatic carbocycles.